The quantitative estimate of drug-likeness (QED) is 0.788. The monoisotopic (exact) mass is 386 g/mol. The SMILES string of the molecule is COc1ccc(OC)c(NC(=O)CCN(C(C)=O)c2ccc3c(c2)OCO3)c1. The number of fused-ring (bicyclic) bond motifs is 1. The normalized spacial score (nSPS) is 11.7. The number of carbonyl (C=O) groups is 2. The lowest BCUT2D eigenvalue weighted by atomic mass is 10.2. The summed E-state index contributed by atoms with van der Waals surface area (Å²) in [5.74, 6) is 1.91. The van der Waals surface area contributed by atoms with E-state index in [9.17, 15) is 9.59 Å². The predicted molar refractivity (Wildman–Crippen MR) is 103 cm³/mol. The molecular weight excluding hydrogens is 364 g/mol. The molecule has 0 unspecified atom stereocenters. The Morgan fingerprint density at radius 2 is 1.86 bits per heavy atom. The maximum atomic E-state index is 12.4. The molecule has 148 valence electrons. The third-order valence-corrected chi connectivity index (χ3v) is 4.29. The summed E-state index contributed by atoms with van der Waals surface area (Å²) in [6.45, 7) is 1.82. The molecule has 2 aromatic carbocycles. The molecule has 0 spiro atoms. The number of amides is 2. The second-order valence-electron chi connectivity index (χ2n) is 6.07. The maximum absolute atomic E-state index is 12.4. The summed E-state index contributed by atoms with van der Waals surface area (Å²) in [6, 6.07) is 10.4. The smallest absolute Gasteiger partial charge is 0.231 e. The fourth-order valence-corrected chi connectivity index (χ4v) is 2.86. The van der Waals surface area contributed by atoms with Gasteiger partial charge in [0, 0.05) is 37.7 Å². The van der Waals surface area contributed by atoms with Gasteiger partial charge < -0.3 is 29.2 Å². The fraction of sp³-hybridized carbons (Fsp3) is 0.300. The zero-order valence-corrected chi connectivity index (χ0v) is 16.0. The average Bonchev–Trinajstić information content (AvgIpc) is 3.15. The van der Waals surface area contributed by atoms with Crippen LogP contribution in [0.3, 0.4) is 0 Å². The van der Waals surface area contributed by atoms with Gasteiger partial charge in [0.15, 0.2) is 11.5 Å². The molecule has 0 fully saturated rings. The minimum atomic E-state index is -0.251. The van der Waals surface area contributed by atoms with Crippen LogP contribution in [0.5, 0.6) is 23.0 Å². The number of ether oxygens (including phenoxy) is 4. The van der Waals surface area contributed by atoms with Crippen molar-refractivity contribution in [3.05, 3.63) is 36.4 Å². The van der Waals surface area contributed by atoms with Gasteiger partial charge >= 0.3 is 0 Å². The fourth-order valence-electron chi connectivity index (χ4n) is 2.86. The highest BCUT2D eigenvalue weighted by Crippen LogP contribution is 2.35. The molecule has 0 atom stereocenters. The third-order valence-electron chi connectivity index (χ3n) is 4.29. The molecule has 2 aromatic rings. The van der Waals surface area contributed by atoms with Crippen LogP contribution in [-0.2, 0) is 9.59 Å². The van der Waals surface area contributed by atoms with E-state index in [1.807, 2.05) is 0 Å². The maximum Gasteiger partial charge on any atom is 0.231 e. The molecule has 8 heteroatoms. The van der Waals surface area contributed by atoms with Gasteiger partial charge in [0.25, 0.3) is 0 Å². The number of hydrogen-bond donors (Lipinski definition) is 1. The third kappa shape index (κ3) is 4.28. The Labute approximate surface area is 162 Å². The largest absolute Gasteiger partial charge is 0.497 e. The molecule has 28 heavy (non-hydrogen) atoms. The summed E-state index contributed by atoms with van der Waals surface area (Å²) >= 11 is 0. The summed E-state index contributed by atoms with van der Waals surface area (Å²) in [6.07, 6.45) is 0.106. The number of nitrogens with zero attached hydrogens (tertiary/aromatic N) is 1. The molecule has 0 aromatic heterocycles. The molecule has 1 aliphatic heterocycles. The van der Waals surface area contributed by atoms with Gasteiger partial charge in [-0.15, -0.1) is 0 Å². The number of methoxy groups -OCH3 is 2. The van der Waals surface area contributed by atoms with Crippen molar-refractivity contribution < 1.29 is 28.5 Å². The first-order valence-corrected chi connectivity index (χ1v) is 8.71. The van der Waals surface area contributed by atoms with Crippen molar-refractivity contribution >= 4 is 23.2 Å². The van der Waals surface area contributed by atoms with Gasteiger partial charge in [-0.05, 0) is 24.3 Å². The minimum Gasteiger partial charge on any atom is -0.497 e. The highest BCUT2D eigenvalue weighted by molar-refractivity contribution is 5.95. The van der Waals surface area contributed by atoms with Crippen molar-refractivity contribution in [3.8, 4) is 23.0 Å². The van der Waals surface area contributed by atoms with Crippen LogP contribution in [0.25, 0.3) is 0 Å². The number of anilines is 2. The summed E-state index contributed by atoms with van der Waals surface area (Å²) in [7, 11) is 3.07. The highest BCUT2D eigenvalue weighted by atomic mass is 16.7. The van der Waals surface area contributed by atoms with Crippen LogP contribution in [-0.4, -0.2) is 39.4 Å². The highest BCUT2D eigenvalue weighted by Gasteiger charge is 2.19. The second kappa shape index (κ2) is 8.51. The lowest BCUT2D eigenvalue weighted by Crippen LogP contribution is -2.32. The molecule has 0 aliphatic carbocycles. The summed E-state index contributed by atoms with van der Waals surface area (Å²) in [5.41, 5.74) is 1.15. The Hall–Kier alpha value is -3.42. The molecule has 1 heterocycles. The van der Waals surface area contributed by atoms with E-state index in [0.717, 1.165) is 0 Å². The Morgan fingerprint density at radius 1 is 1.07 bits per heavy atom. The average molecular weight is 386 g/mol. The molecule has 0 saturated carbocycles. The topological polar surface area (TPSA) is 86.3 Å². The first kappa shape index (κ1) is 19.3. The second-order valence-corrected chi connectivity index (χ2v) is 6.07. The van der Waals surface area contributed by atoms with Gasteiger partial charge in [-0.25, -0.2) is 0 Å². The van der Waals surface area contributed by atoms with Crippen LogP contribution in [0.2, 0.25) is 0 Å². The standard InChI is InChI=1S/C20H22N2O6/c1-13(23)22(14-4-6-18-19(10-14)28-12-27-18)9-8-20(24)21-16-11-15(25-2)5-7-17(16)26-3/h4-7,10-11H,8-9,12H2,1-3H3,(H,21,24). The van der Waals surface area contributed by atoms with Gasteiger partial charge in [-0.1, -0.05) is 0 Å². The summed E-state index contributed by atoms with van der Waals surface area (Å²) in [4.78, 5) is 26.0. The van der Waals surface area contributed by atoms with Crippen molar-refractivity contribution in [1.82, 2.24) is 0 Å². The number of rotatable bonds is 7. The van der Waals surface area contributed by atoms with E-state index in [2.05, 4.69) is 5.32 Å². The van der Waals surface area contributed by atoms with E-state index in [1.165, 1.54) is 18.9 Å². The Kier molecular flexibility index (Phi) is 5.88. The van der Waals surface area contributed by atoms with Crippen LogP contribution in [0.1, 0.15) is 13.3 Å². The molecule has 2 amide bonds. The lowest BCUT2D eigenvalue weighted by Gasteiger charge is -2.21. The first-order chi connectivity index (χ1) is 13.5. The number of hydrogen-bond acceptors (Lipinski definition) is 6. The van der Waals surface area contributed by atoms with Crippen molar-refractivity contribution in [1.29, 1.82) is 0 Å². The van der Waals surface area contributed by atoms with Crippen molar-refractivity contribution in [2.75, 3.05) is 37.8 Å². The van der Waals surface area contributed by atoms with E-state index < -0.39 is 0 Å². The Morgan fingerprint density at radius 3 is 2.57 bits per heavy atom. The summed E-state index contributed by atoms with van der Waals surface area (Å²) in [5, 5.41) is 2.80. The molecular formula is C20H22N2O6. The molecule has 0 radical (unpaired) electrons. The van der Waals surface area contributed by atoms with E-state index in [4.69, 9.17) is 18.9 Å². The van der Waals surface area contributed by atoms with Crippen LogP contribution in [0, 0.1) is 0 Å². The molecule has 8 nitrogen and oxygen atoms in total. The Balaban J connectivity index is 1.67. The van der Waals surface area contributed by atoms with Gasteiger partial charge in [0.1, 0.15) is 11.5 Å². The van der Waals surface area contributed by atoms with E-state index >= 15 is 0 Å². The van der Waals surface area contributed by atoms with E-state index in [0.29, 0.717) is 34.4 Å². The van der Waals surface area contributed by atoms with Gasteiger partial charge in [0.05, 0.1) is 19.9 Å². The number of carbonyl (C=O) groups excluding carboxylic acids is 2. The lowest BCUT2D eigenvalue weighted by molar-refractivity contribution is -0.117. The zero-order chi connectivity index (χ0) is 20.1. The van der Waals surface area contributed by atoms with Crippen molar-refractivity contribution in [2.45, 2.75) is 13.3 Å². The van der Waals surface area contributed by atoms with E-state index in [-0.39, 0.29) is 31.6 Å². The molecule has 0 bridgehead atoms. The first-order valence-electron chi connectivity index (χ1n) is 8.71. The van der Waals surface area contributed by atoms with Gasteiger partial charge in [-0.3, -0.25) is 9.59 Å². The van der Waals surface area contributed by atoms with Gasteiger partial charge in [0.2, 0.25) is 18.6 Å². The van der Waals surface area contributed by atoms with Gasteiger partial charge in [-0.2, -0.15) is 0 Å². The number of nitrogens with one attached hydrogen (secondary N) is 1. The van der Waals surface area contributed by atoms with Crippen LogP contribution < -0.4 is 29.2 Å². The van der Waals surface area contributed by atoms with Crippen LogP contribution in [0.4, 0.5) is 11.4 Å². The van der Waals surface area contributed by atoms with Crippen molar-refractivity contribution in [2.24, 2.45) is 0 Å². The van der Waals surface area contributed by atoms with Crippen LogP contribution in [0.15, 0.2) is 36.4 Å². The zero-order valence-electron chi connectivity index (χ0n) is 16.0. The van der Waals surface area contributed by atoms with E-state index in [1.54, 1.807) is 43.5 Å². The molecule has 1 aliphatic rings. The molecule has 0 saturated heterocycles. The molecule has 3 rings (SSSR count). The summed E-state index contributed by atoms with van der Waals surface area (Å²) < 4.78 is 21.1. The van der Waals surface area contributed by atoms with Crippen molar-refractivity contribution in [3.63, 3.8) is 0 Å². The predicted octanol–water partition coefficient (Wildman–Crippen LogP) is 2.81. The Bertz CT molecular complexity index is 883. The number of benzene rings is 2. The van der Waals surface area contributed by atoms with Crippen LogP contribution >= 0.6 is 0 Å². The minimum absolute atomic E-state index is 0.106. The molecule has 1 N–H and O–H groups in total.